The molecule has 0 bridgehead atoms. The van der Waals surface area contributed by atoms with Crippen LogP contribution in [0.4, 0.5) is 0 Å². The minimum atomic E-state index is 0.425. The lowest BCUT2D eigenvalue weighted by molar-refractivity contribution is -0.120. The zero-order chi connectivity index (χ0) is 84.5. The van der Waals surface area contributed by atoms with Gasteiger partial charge in [0.2, 0.25) is 0 Å². The highest BCUT2D eigenvalue weighted by Gasteiger charge is 2.29. The second-order valence-corrected chi connectivity index (χ2v) is 43.0. The Balaban J connectivity index is -0.000000210. The first-order chi connectivity index (χ1) is 49.6. The molecule has 2 saturated carbocycles. The summed E-state index contributed by atoms with van der Waals surface area (Å²) in [5.41, 5.74) is 0. The molecular weight excluding hydrogens is 1300 g/mol. The van der Waals surface area contributed by atoms with Gasteiger partial charge >= 0.3 is 0 Å². The minimum Gasteiger partial charge on any atom is -0.384 e. The van der Waals surface area contributed by atoms with Crippen molar-refractivity contribution >= 4 is 5.78 Å². The predicted molar refractivity (Wildman–Crippen MR) is 497 cm³/mol. The van der Waals surface area contributed by atoms with E-state index >= 15 is 0 Å². The molecule has 0 N–H and O–H groups in total. The quantitative estimate of drug-likeness (QED) is 0.0609. The van der Waals surface area contributed by atoms with Gasteiger partial charge in [0.15, 0.2) is 0 Å². The van der Waals surface area contributed by atoms with Gasteiger partial charge in [-0.25, -0.2) is 0 Å². The van der Waals surface area contributed by atoms with Crippen molar-refractivity contribution in [3.05, 3.63) is 0 Å². The minimum absolute atomic E-state index is 0.425. The number of carbonyl (C=O) groups excluding carboxylic acids is 1. The average Bonchev–Trinajstić information content (AvgIpc) is 1.86. The smallest absolute Gasteiger partial charge is 0.133 e. The van der Waals surface area contributed by atoms with Gasteiger partial charge in [-0.3, -0.25) is 4.79 Å². The second-order valence-electron chi connectivity index (χ2n) is 43.0. The molecule has 3 heteroatoms. The van der Waals surface area contributed by atoms with E-state index in [0.29, 0.717) is 23.7 Å². The van der Waals surface area contributed by atoms with Crippen molar-refractivity contribution in [3.63, 3.8) is 0 Å². The molecule has 3 nitrogen and oxygen atoms in total. The highest BCUT2D eigenvalue weighted by atomic mass is 16.5. The summed E-state index contributed by atoms with van der Waals surface area (Å²) in [6.07, 6.45) is 43.7. The van der Waals surface area contributed by atoms with E-state index < -0.39 is 0 Å². The van der Waals surface area contributed by atoms with Gasteiger partial charge in [0.1, 0.15) is 5.78 Å². The Bertz CT molecular complexity index is 1620. The third kappa shape index (κ3) is 92.6. The molecule has 0 amide bonds. The lowest BCUT2D eigenvalue weighted by Gasteiger charge is -2.32. The van der Waals surface area contributed by atoms with Crippen molar-refractivity contribution in [2.75, 3.05) is 20.8 Å². The molecule has 0 aromatic rings. The first-order valence-electron chi connectivity index (χ1n) is 48.1. The van der Waals surface area contributed by atoms with Gasteiger partial charge in [-0.05, 0) is 263 Å². The molecule has 0 radical (unpaired) electrons. The summed E-state index contributed by atoms with van der Waals surface area (Å²) >= 11 is 0. The zero-order valence-electron chi connectivity index (χ0n) is 83.2. The summed E-state index contributed by atoms with van der Waals surface area (Å²) in [6, 6.07) is 0. The van der Waals surface area contributed by atoms with Crippen LogP contribution in [0.3, 0.4) is 0 Å². The third-order valence-electron chi connectivity index (χ3n) is 23.4. The van der Waals surface area contributed by atoms with Crippen LogP contribution in [0, 0.1) is 160 Å². The molecule has 0 aliphatic heterocycles. The lowest BCUT2D eigenvalue weighted by Crippen LogP contribution is -2.21. The van der Waals surface area contributed by atoms with E-state index in [-0.39, 0.29) is 0 Å². The second kappa shape index (κ2) is 78.1. The monoisotopic (exact) mass is 1520 g/mol. The molecule has 2 aliphatic rings. The standard InChI is InChI=1S/C13H28.C12H26O.C12H24.2C12H26.C11H24O.C11H22.C11H24.C10H20O/c1-6-7-13(10-12(4)5)9-8-11(2)3;1-10(2)6-7-12(9-13-5)8-11(3)4;1-9(2)11-5-7-12(8-6-11)10(3)4;1-6-12(9-11(4)5)8-7-10(2)3;1-6-12(11(4)5)9-7-8-10(2)3;1-9(2)6-7-11(12-5)8-10(3)4;1-8(2)10-5-6-11(7-10)9(3)4;1-9(2)6-7-11(5)8-10(3)4;1-8(2)5-6-10(11)7-9(3)4/h11-13H,6-10H2,1-5H3;10-12H,6-9H2,1-5H3;9-12H,5-8H2,1-4H3;2*10-12H,6-9H2,1-5H3;9-11H,6-8H2,1-5H3;8-11H,5-7H2,1-4H3;9-11H,6-8H2,1-5H3;8-9H,5-7H2,1-4H3. The Morgan fingerprint density at radius 3 is 0.944 bits per heavy atom. The predicted octanol–water partition coefficient (Wildman–Crippen LogP) is 36.1. The molecule has 2 fully saturated rings. The van der Waals surface area contributed by atoms with E-state index in [1.807, 2.05) is 14.2 Å². The number of hydrogen-bond acceptors (Lipinski definition) is 3. The van der Waals surface area contributed by atoms with Crippen LogP contribution < -0.4 is 0 Å². The van der Waals surface area contributed by atoms with Crippen LogP contribution in [0.2, 0.25) is 0 Å². The molecule has 0 aromatic carbocycles. The maximum absolute atomic E-state index is 11.2. The van der Waals surface area contributed by atoms with Crippen LogP contribution in [-0.4, -0.2) is 32.7 Å². The Hall–Kier alpha value is -0.410. The topological polar surface area (TPSA) is 35.5 Å². The Kier molecular flexibility index (Phi) is 87.5. The van der Waals surface area contributed by atoms with E-state index in [9.17, 15) is 4.79 Å². The molecule has 0 heterocycles. The fourth-order valence-corrected chi connectivity index (χ4v) is 16.0. The lowest BCUT2D eigenvalue weighted by atomic mass is 9.73. The Morgan fingerprint density at radius 1 is 0.308 bits per heavy atom. The van der Waals surface area contributed by atoms with E-state index in [4.69, 9.17) is 9.47 Å². The summed E-state index contributed by atoms with van der Waals surface area (Å²) in [5, 5.41) is 0. The van der Waals surface area contributed by atoms with Gasteiger partial charge in [-0.1, -0.05) is 367 Å². The van der Waals surface area contributed by atoms with Gasteiger partial charge in [-0.15, -0.1) is 0 Å². The maximum Gasteiger partial charge on any atom is 0.133 e. The Labute approximate surface area is 685 Å². The fraction of sp³-hybridized carbons (Fsp3) is 0.990. The summed E-state index contributed by atoms with van der Waals surface area (Å²) in [4.78, 5) is 11.2. The number of ether oxygens (including phenoxy) is 2. The number of rotatable bonds is 46. The molecule has 8 atom stereocenters. The van der Waals surface area contributed by atoms with Crippen molar-refractivity contribution in [3.8, 4) is 0 Å². The molecular formula is C104H220O3. The van der Waals surface area contributed by atoms with E-state index in [1.54, 1.807) is 0 Å². The molecule has 8 unspecified atom stereocenters. The number of Topliss-reactive ketones (excluding diaryl/α,β-unsaturated/α-hetero) is 1. The zero-order valence-corrected chi connectivity index (χ0v) is 83.2. The van der Waals surface area contributed by atoms with Crippen LogP contribution in [0.5, 0.6) is 0 Å². The molecule has 654 valence electrons. The van der Waals surface area contributed by atoms with Crippen molar-refractivity contribution in [2.24, 2.45) is 160 Å². The van der Waals surface area contributed by atoms with E-state index in [2.05, 4.69) is 277 Å². The van der Waals surface area contributed by atoms with Gasteiger partial charge in [0.05, 0.1) is 6.10 Å². The third-order valence-corrected chi connectivity index (χ3v) is 23.4. The van der Waals surface area contributed by atoms with Gasteiger partial charge in [0.25, 0.3) is 0 Å². The Morgan fingerprint density at radius 2 is 0.645 bits per heavy atom. The number of methoxy groups -OCH3 is 2. The summed E-state index contributed by atoms with van der Waals surface area (Å²) < 4.78 is 10.6. The van der Waals surface area contributed by atoms with E-state index in [1.165, 1.54) is 186 Å². The molecule has 0 aromatic heterocycles. The number of ketones is 1. The van der Waals surface area contributed by atoms with Crippen LogP contribution in [0.25, 0.3) is 0 Å². The summed E-state index contributed by atoms with van der Waals surface area (Å²) in [7, 11) is 3.63. The largest absolute Gasteiger partial charge is 0.384 e. The molecule has 0 spiro atoms. The van der Waals surface area contributed by atoms with Gasteiger partial charge < -0.3 is 9.47 Å². The number of hydrogen-bond donors (Lipinski definition) is 0. The molecule has 2 aliphatic carbocycles. The van der Waals surface area contributed by atoms with Gasteiger partial charge in [0, 0.05) is 33.7 Å². The van der Waals surface area contributed by atoms with Crippen molar-refractivity contribution in [1.29, 1.82) is 0 Å². The fourth-order valence-electron chi connectivity index (χ4n) is 16.0. The SMILES string of the molecule is CC(C)C1CCC(C(C)C)C1.CC(C)C1CCC(C(C)C)CC1.CC(C)CCC(=O)CC(C)C.CC(C)CCC(C)CC(C)C.CCC(CCC(C)C)CC(C)C.CCC(CCCC(C)C)C(C)C.CCCC(CCC(C)C)CC(C)C.COC(CCC(C)C)CC(C)C.COCC(CCC(C)C)CC(C)C. The van der Waals surface area contributed by atoms with Crippen LogP contribution in [0.15, 0.2) is 0 Å². The van der Waals surface area contributed by atoms with E-state index in [0.717, 1.165) is 174 Å². The first kappa shape index (κ1) is 120. The van der Waals surface area contributed by atoms with Crippen LogP contribution >= 0.6 is 0 Å². The van der Waals surface area contributed by atoms with Crippen LogP contribution in [-0.2, 0) is 14.3 Å². The van der Waals surface area contributed by atoms with Crippen molar-refractivity contribution in [2.45, 2.75) is 489 Å². The molecule has 0 saturated heterocycles. The van der Waals surface area contributed by atoms with Crippen molar-refractivity contribution < 1.29 is 14.3 Å². The summed E-state index contributed by atoms with van der Waals surface area (Å²) in [5.74, 6) is 24.2. The van der Waals surface area contributed by atoms with Gasteiger partial charge in [-0.2, -0.15) is 0 Å². The normalized spacial score (nSPS) is 17.7. The maximum atomic E-state index is 11.2. The first-order valence-corrected chi connectivity index (χ1v) is 48.1. The number of carbonyl (C=O) groups is 1. The molecule has 107 heavy (non-hydrogen) atoms. The molecule has 2 rings (SSSR count). The highest BCUT2D eigenvalue weighted by molar-refractivity contribution is 5.78. The highest BCUT2D eigenvalue weighted by Crippen LogP contribution is 2.40. The van der Waals surface area contributed by atoms with Crippen LogP contribution in [0.1, 0.15) is 482 Å². The summed E-state index contributed by atoms with van der Waals surface area (Å²) in [6.45, 7) is 93.2. The average molecular weight is 1520 g/mol. The van der Waals surface area contributed by atoms with Crippen molar-refractivity contribution in [1.82, 2.24) is 0 Å².